The van der Waals surface area contributed by atoms with Gasteiger partial charge in [0.05, 0.1) is 20.1 Å². The van der Waals surface area contributed by atoms with Crippen LogP contribution in [0.25, 0.3) is 0 Å². The molecule has 1 aromatic carbocycles. The van der Waals surface area contributed by atoms with Crippen LogP contribution in [-0.2, 0) is 21.0 Å². The maximum atomic E-state index is 11.9. The number of carbonyl (C=O) groups is 2. The summed E-state index contributed by atoms with van der Waals surface area (Å²) < 4.78 is 0. The maximum Gasteiger partial charge on any atom is 0.249 e. The van der Waals surface area contributed by atoms with Crippen molar-refractivity contribution < 1.29 is 14.4 Å². The van der Waals surface area contributed by atoms with Gasteiger partial charge in [-0.15, -0.1) is 0 Å². The van der Waals surface area contributed by atoms with E-state index in [1.54, 1.807) is 0 Å². The normalized spacial score (nSPS) is 20.1. The lowest BCUT2D eigenvalue weighted by atomic mass is 10.2. The smallest absolute Gasteiger partial charge is 0.249 e. The van der Waals surface area contributed by atoms with Gasteiger partial charge in [-0.1, -0.05) is 30.3 Å². The molecule has 2 amide bonds. The van der Waals surface area contributed by atoms with Gasteiger partial charge >= 0.3 is 0 Å². The van der Waals surface area contributed by atoms with Crippen LogP contribution in [-0.4, -0.2) is 29.9 Å². The number of nitrogens with zero attached hydrogens (tertiary/aromatic N) is 1. The Morgan fingerprint density at radius 1 is 1.35 bits per heavy atom. The van der Waals surface area contributed by atoms with Crippen molar-refractivity contribution in [3.63, 3.8) is 0 Å². The van der Waals surface area contributed by atoms with Crippen LogP contribution >= 0.6 is 0 Å². The molecular weight excluding hydrogens is 220 g/mol. The second-order valence-electron chi connectivity index (χ2n) is 3.88. The zero-order chi connectivity index (χ0) is 12.3. The van der Waals surface area contributed by atoms with Crippen LogP contribution in [0.4, 0.5) is 0 Å². The molecule has 1 heterocycles. The number of hydroxylamine groups is 1. The number of imide groups is 1. The molecule has 0 saturated carbocycles. The van der Waals surface area contributed by atoms with E-state index in [2.05, 4.69) is 5.48 Å². The third-order valence-corrected chi connectivity index (χ3v) is 2.69. The zero-order valence-corrected chi connectivity index (χ0v) is 9.55. The van der Waals surface area contributed by atoms with Gasteiger partial charge in [0.1, 0.15) is 6.04 Å². The van der Waals surface area contributed by atoms with Gasteiger partial charge in [0.25, 0.3) is 0 Å². The lowest BCUT2D eigenvalue weighted by Crippen LogP contribution is -2.37. The minimum atomic E-state index is -0.559. The standard InChI is InChI=1S/C12H14N2O3/c1-17-13-10-7-11(15)14(12(10)16)8-9-5-3-2-4-6-9/h2-6,10,13H,7-8H2,1H3. The molecule has 1 aliphatic heterocycles. The SMILES string of the molecule is CONC1CC(=O)N(Cc2ccccc2)C1=O. The van der Waals surface area contributed by atoms with Crippen LogP contribution in [0.2, 0.25) is 0 Å². The molecule has 1 unspecified atom stereocenters. The average molecular weight is 234 g/mol. The Balaban J connectivity index is 2.07. The molecule has 1 fully saturated rings. The number of rotatable bonds is 4. The van der Waals surface area contributed by atoms with E-state index in [9.17, 15) is 9.59 Å². The molecule has 5 heteroatoms. The Labute approximate surface area is 99.3 Å². The molecular formula is C12H14N2O3. The molecule has 90 valence electrons. The number of benzene rings is 1. The molecule has 1 N–H and O–H groups in total. The highest BCUT2D eigenvalue weighted by molar-refractivity contribution is 6.05. The van der Waals surface area contributed by atoms with Crippen molar-refractivity contribution in [3.05, 3.63) is 35.9 Å². The highest BCUT2D eigenvalue weighted by atomic mass is 16.6. The van der Waals surface area contributed by atoms with Gasteiger partial charge in [0.2, 0.25) is 11.8 Å². The minimum absolute atomic E-state index is 0.152. The van der Waals surface area contributed by atoms with Crippen LogP contribution < -0.4 is 5.48 Å². The van der Waals surface area contributed by atoms with E-state index < -0.39 is 6.04 Å². The third kappa shape index (κ3) is 2.51. The zero-order valence-electron chi connectivity index (χ0n) is 9.55. The molecule has 5 nitrogen and oxygen atoms in total. The Hall–Kier alpha value is -1.72. The highest BCUT2D eigenvalue weighted by Gasteiger charge is 2.38. The molecule has 0 aromatic heterocycles. The number of hydrogen-bond donors (Lipinski definition) is 1. The molecule has 0 spiro atoms. The third-order valence-electron chi connectivity index (χ3n) is 2.69. The van der Waals surface area contributed by atoms with Gasteiger partial charge in [-0.25, -0.2) is 0 Å². The van der Waals surface area contributed by atoms with Crippen LogP contribution in [0.15, 0.2) is 30.3 Å². The molecule has 1 aliphatic rings. The monoisotopic (exact) mass is 234 g/mol. The summed E-state index contributed by atoms with van der Waals surface area (Å²) in [5.41, 5.74) is 3.47. The van der Waals surface area contributed by atoms with E-state index >= 15 is 0 Å². The number of carbonyl (C=O) groups excluding carboxylic acids is 2. The van der Waals surface area contributed by atoms with E-state index in [1.807, 2.05) is 30.3 Å². The molecule has 0 radical (unpaired) electrons. The number of nitrogens with one attached hydrogen (secondary N) is 1. The Kier molecular flexibility index (Phi) is 3.51. The van der Waals surface area contributed by atoms with Crippen molar-refractivity contribution in [1.29, 1.82) is 0 Å². The lowest BCUT2D eigenvalue weighted by molar-refractivity contribution is -0.140. The first-order chi connectivity index (χ1) is 8.22. The second kappa shape index (κ2) is 5.07. The quantitative estimate of drug-likeness (QED) is 0.607. The maximum absolute atomic E-state index is 11.9. The van der Waals surface area contributed by atoms with Crippen molar-refractivity contribution in [2.24, 2.45) is 0 Å². The molecule has 2 rings (SSSR count). The van der Waals surface area contributed by atoms with Gasteiger partial charge in [-0.3, -0.25) is 14.5 Å². The number of likely N-dealkylation sites (tertiary alicyclic amines) is 1. The van der Waals surface area contributed by atoms with E-state index in [-0.39, 0.29) is 18.2 Å². The fourth-order valence-electron chi connectivity index (χ4n) is 1.85. The van der Waals surface area contributed by atoms with Gasteiger partial charge in [-0.2, -0.15) is 5.48 Å². The predicted molar refractivity (Wildman–Crippen MR) is 60.5 cm³/mol. The first-order valence-electron chi connectivity index (χ1n) is 5.39. The summed E-state index contributed by atoms with van der Waals surface area (Å²) in [6, 6.07) is 8.87. The van der Waals surface area contributed by atoms with Crippen molar-refractivity contribution in [1.82, 2.24) is 10.4 Å². The Bertz CT molecular complexity index is 419. The fourth-order valence-corrected chi connectivity index (χ4v) is 1.85. The van der Waals surface area contributed by atoms with Crippen molar-refractivity contribution in [3.8, 4) is 0 Å². The molecule has 0 aliphatic carbocycles. The van der Waals surface area contributed by atoms with Crippen LogP contribution in [0.3, 0.4) is 0 Å². The predicted octanol–water partition coefficient (Wildman–Crippen LogP) is 0.465. The number of hydrogen-bond acceptors (Lipinski definition) is 4. The first-order valence-corrected chi connectivity index (χ1v) is 5.39. The fraction of sp³-hybridized carbons (Fsp3) is 0.333. The van der Waals surface area contributed by atoms with Gasteiger partial charge in [0, 0.05) is 0 Å². The van der Waals surface area contributed by atoms with E-state index in [0.29, 0.717) is 6.54 Å². The Morgan fingerprint density at radius 3 is 2.71 bits per heavy atom. The summed E-state index contributed by atoms with van der Waals surface area (Å²) in [5, 5.41) is 0. The van der Waals surface area contributed by atoms with E-state index in [4.69, 9.17) is 4.84 Å². The topological polar surface area (TPSA) is 58.6 Å². The second-order valence-corrected chi connectivity index (χ2v) is 3.88. The molecule has 1 atom stereocenters. The summed E-state index contributed by atoms with van der Waals surface area (Å²) >= 11 is 0. The molecule has 0 bridgehead atoms. The minimum Gasteiger partial charge on any atom is -0.304 e. The van der Waals surface area contributed by atoms with Crippen molar-refractivity contribution in [2.75, 3.05) is 7.11 Å². The van der Waals surface area contributed by atoms with Crippen LogP contribution in [0.5, 0.6) is 0 Å². The Morgan fingerprint density at radius 2 is 2.06 bits per heavy atom. The summed E-state index contributed by atoms with van der Waals surface area (Å²) in [4.78, 5) is 29.5. The summed E-state index contributed by atoms with van der Waals surface area (Å²) in [6.07, 6.45) is 0.152. The van der Waals surface area contributed by atoms with Crippen LogP contribution in [0.1, 0.15) is 12.0 Å². The van der Waals surface area contributed by atoms with Crippen LogP contribution in [0, 0.1) is 0 Å². The van der Waals surface area contributed by atoms with Gasteiger partial charge < -0.3 is 4.84 Å². The van der Waals surface area contributed by atoms with E-state index in [0.717, 1.165) is 5.56 Å². The highest BCUT2D eigenvalue weighted by Crippen LogP contribution is 2.16. The molecule has 17 heavy (non-hydrogen) atoms. The summed E-state index contributed by atoms with van der Waals surface area (Å²) in [6.45, 7) is 0.320. The lowest BCUT2D eigenvalue weighted by Gasteiger charge is -2.14. The van der Waals surface area contributed by atoms with E-state index in [1.165, 1.54) is 12.0 Å². The summed E-state index contributed by atoms with van der Waals surface area (Å²) in [5.74, 6) is -0.408. The summed E-state index contributed by atoms with van der Waals surface area (Å²) in [7, 11) is 1.43. The average Bonchev–Trinajstić information content (AvgIpc) is 2.59. The van der Waals surface area contributed by atoms with Gasteiger partial charge in [-0.05, 0) is 5.56 Å². The molecule has 1 saturated heterocycles. The van der Waals surface area contributed by atoms with Crippen molar-refractivity contribution in [2.45, 2.75) is 19.0 Å². The van der Waals surface area contributed by atoms with Gasteiger partial charge in [0.15, 0.2) is 0 Å². The first kappa shape index (κ1) is 11.8. The molecule has 1 aromatic rings. The van der Waals surface area contributed by atoms with Crippen molar-refractivity contribution >= 4 is 11.8 Å². The largest absolute Gasteiger partial charge is 0.304 e. The number of amides is 2.